The summed E-state index contributed by atoms with van der Waals surface area (Å²) in [4.78, 5) is 11.7. The van der Waals surface area contributed by atoms with E-state index in [0.29, 0.717) is 17.8 Å². The van der Waals surface area contributed by atoms with Gasteiger partial charge in [-0.25, -0.2) is 22.2 Å². The van der Waals surface area contributed by atoms with Gasteiger partial charge in [-0.15, -0.1) is 0 Å². The fourth-order valence-corrected chi connectivity index (χ4v) is 3.27. The molecule has 2 aromatic rings. The van der Waals surface area contributed by atoms with Crippen molar-refractivity contribution in [2.75, 3.05) is 42.7 Å². The molecule has 136 valence electrons. The van der Waals surface area contributed by atoms with Crippen LogP contribution in [0.4, 0.5) is 26.2 Å². The molecule has 2 rings (SSSR count). The van der Waals surface area contributed by atoms with Crippen molar-refractivity contribution in [3.8, 4) is 0 Å². The molecule has 1 heterocycles. The largest absolute Gasteiger partial charge is 0.361 e. The number of aromatic nitrogens is 2. The Balaban J connectivity index is 2.30. The molecule has 0 bridgehead atoms. The van der Waals surface area contributed by atoms with E-state index in [1.54, 1.807) is 38.0 Å². The number of nitrogens with one attached hydrogen (secondary N) is 1. The standard InChI is InChI=1S/C15H19F2N5O2S/c1-21(2)14-13(8-18-15(19-14)22(3)4)20-25(23,24)9-10-5-11(16)7-12(17)6-10/h5-8,20H,9H2,1-4H3. The van der Waals surface area contributed by atoms with Crippen LogP contribution in [0, 0.1) is 11.6 Å². The van der Waals surface area contributed by atoms with Crippen LogP contribution in [0.15, 0.2) is 24.4 Å². The summed E-state index contributed by atoms with van der Waals surface area (Å²) in [6.07, 6.45) is 1.35. The van der Waals surface area contributed by atoms with Gasteiger partial charge in [0.1, 0.15) is 17.3 Å². The van der Waals surface area contributed by atoms with Gasteiger partial charge in [0, 0.05) is 34.3 Å². The van der Waals surface area contributed by atoms with E-state index in [0.717, 1.165) is 12.1 Å². The second-order valence-corrected chi connectivity index (χ2v) is 7.56. The SMILES string of the molecule is CN(C)c1ncc(NS(=O)(=O)Cc2cc(F)cc(F)c2)c(N(C)C)n1. The lowest BCUT2D eigenvalue weighted by Gasteiger charge is -2.19. The van der Waals surface area contributed by atoms with Crippen molar-refractivity contribution in [1.82, 2.24) is 9.97 Å². The minimum atomic E-state index is -3.91. The molecule has 0 radical (unpaired) electrons. The molecule has 0 aliphatic carbocycles. The first-order chi connectivity index (χ1) is 11.6. The molecular formula is C15H19F2N5O2S. The zero-order valence-corrected chi connectivity index (χ0v) is 15.1. The van der Waals surface area contributed by atoms with Crippen molar-refractivity contribution >= 4 is 27.5 Å². The maximum atomic E-state index is 13.2. The van der Waals surface area contributed by atoms with Crippen molar-refractivity contribution in [2.24, 2.45) is 0 Å². The maximum Gasteiger partial charge on any atom is 0.237 e. The fraction of sp³-hybridized carbons (Fsp3) is 0.333. The van der Waals surface area contributed by atoms with E-state index in [-0.39, 0.29) is 11.3 Å². The number of hydrogen-bond donors (Lipinski definition) is 1. The number of nitrogens with zero attached hydrogens (tertiary/aromatic N) is 4. The Morgan fingerprint density at radius 3 is 2.16 bits per heavy atom. The third-order valence-electron chi connectivity index (χ3n) is 3.12. The highest BCUT2D eigenvalue weighted by molar-refractivity contribution is 7.91. The van der Waals surface area contributed by atoms with Gasteiger partial charge in [0.2, 0.25) is 16.0 Å². The van der Waals surface area contributed by atoms with Gasteiger partial charge >= 0.3 is 0 Å². The number of rotatable bonds is 6. The Kier molecular flexibility index (Phi) is 5.41. The lowest BCUT2D eigenvalue weighted by molar-refractivity contribution is 0.579. The summed E-state index contributed by atoms with van der Waals surface area (Å²) >= 11 is 0. The molecule has 1 aromatic carbocycles. The molecular weight excluding hydrogens is 352 g/mol. The summed E-state index contributed by atoms with van der Waals surface area (Å²) in [5.41, 5.74) is 0.176. The predicted molar refractivity (Wildman–Crippen MR) is 93.3 cm³/mol. The molecule has 0 saturated heterocycles. The van der Waals surface area contributed by atoms with Crippen LogP contribution >= 0.6 is 0 Å². The lowest BCUT2D eigenvalue weighted by Crippen LogP contribution is -2.21. The molecule has 0 saturated carbocycles. The topological polar surface area (TPSA) is 78.4 Å². The number of benzene rings is 1. The van der Waals surface area contributed by atoms with E-state index in [9.17, 15) is 17.2 Å². The van der Waals surface area contributed by atoms with Crippen molar-refractivity contribution in [2.45, 2.75) is 5.75 Å². The van der Waals surface area contributed by atoms with Gasteiger partial charge in [0.25, 0.3) is 0 Å². The molecule has 0 aliphatic heterocycles. The minimum Gasteiger partial charge on any atom is -0.361 e. The van der Waals surface area contributed by atoms with Crippen LogP contribution in [0.2, 0.25) is 0 Å². The third kappa shape index (κ3) is 4.99. The third-order valence-corrected chi connectivity index (χ3v) is 4.37. The van der Waals surface area contributed by atoms with Gasteiger partial charge in [-0.1, -0.05) is 0 Å². The van der Waals surface area contributed by atoms with Crippen molar-refractivity contribution in [3.63, 3.8) is 0 Å². The molecule has 0 atom stereocenters. The molecule has 1 N–H and O–H groups in total. The number of hydrogen-bond acceptors (Lipinski definition) is 6. The zero-order chi connectivity index (χ0) is 18.8. The Morgan fingerprint density at radius 2 is 1.64 bits per heavy atom. The molecule has 25 heavy (non-hydrogen) atoms. The Hall–Kier alpha value is -2.49. The predicted octanol–water partition coefficient (Wildman–Crippen LogP) is 1.83. The van der Waals surface area contributed by atoms with E-state index in [4.69, 9.17) is 0 Å². The second-order valence-electron chi connectivity index (χ2n) is 5.83. The zero-order valence-electron chi connectivity index (χ0n) is 14.3. The van der Waals surface area contributed by atoms with E-state index >= 15 is 0 Å². The summed E-state index contributed by atoms with van der Waals surface area (Å²) in [5.74, 6) is -1.47. The smallest absolute Gasteiger partial charge is 0.237 e. The molecule has 0 amide bonds. The highest BCUT2D eigenvalue weighted by Gasteiger charge is 2.18. The van der Waals surface area contributed by atoms with Crippen molar-refractivity contribution < 1.29 is 17.2 Å². The van der Waals surface area contributed by atoms with Gasteiger partial charge in [0.15, 0.2) is 5.82 Å². The van der Waals surface area contributed by atoms with Gasteiger partial charge in [-0.3, -0.25) is 4.72 Å². The van der Waals surface area contributed by atoms with Gasteiger partial charge in [-0.05, 0) is 17.7 Å². The summed E-state index contributed by atoms with van der Waals surface area (Å²) < 4.78 is 53.5. The monoisotopic (exact) mass is 371 g/mol. The van der Waals surface area contributed by atoms with Crippen LogP contribution in [0.25, 0.3) is 0 Å². The average molecular weight is 371 g/mol. The first-order valence-electron chi connectivity index (χ1n) is 7.24. The second kappa shape index (κ2) is 7.18. The lowest BCUT2D eigenvalue weighted by atomic mass is 10.2. The summed E-state index contributed by atoms with van der Waals surface area (Å²) in [7, 11) is 3.03. The first-order valence-corrected chi connectivity index (χ1v) is 8.90. The van der Waals surface area contributed by atoms with Crippen LogP contribution in [-0.4, -0.2) is 46.6 Å². The van der Waals surface area contributed by atoms with Crippen LogP contribution in [0.3, 0.4) is 0 Å². The number of anilines is 3. The fourth-order valence-electron chi connectivity index (χ4n) is 2.11. The van der Waals surface area contributed by atoms with Crippen LogP contribution in [-0.2, 0) is 15.8 Å². The van der Waals surface area contributed by atoms with E-state index in [1.807, 2.05) is 0 Å². The minimum absolute atomic E-state index is 0.00207. The van der Waals surface area contributed by atoms with Crippen LogP contribution in [0.1, 0.15) is 5.56 Å². The number of sulfonamides is 1. The van der Waals surface area contributed by atoms with Crippen LogP contribution < -0.4 is 14.5 Å². The van der Waals surface area contributed by atoms with Gasteiger partial charge in [0.05, 0.1) is 11.9 Å². The normalized spacial score (nSPS) is 11.3. The Bertz CT molecular complexity index is 852. The molecule has 0 aliphatic rings. The quantitative estimate of drug-likeness (QED) is 0.835. The number of halogens is 2. The van der Waals surface area contributed by atoms with Gasteiger partial charge in [-0.2, -0.15) is 4.98 Å². The molecule has 0 fully saturated rings. The summed E-state index contributed by atoms with van der Waals surface area (Å²) in [6.45, 7) is 0. The summed E-state index contributed by atoms with van der Waals surface area (Å²) in [6, 6.07) is 2.63. The highest BCUT2D eigenvalue weighted by atomic mass is 32.2. The van der Waals surface area contributed by atoms with Crippen molar-refractivity contribution in [1.29, 1.82) is 0 Å². The Morgan fingerprint density at radius 1 is 1.04 bits per heavy atom. The first kappa shape index (κ1) is 18.8. The molecule has 10 heteroatoms. The summed E-state index contributed by atoms with van der Waals surface area (Å²) in [5, 5.41) is 0. The Labute approximate surface area is 145 Å². The molecule has 0 unspecified atom stereocenters. The molecule has 7 nitrogen and oxygen atoms in total. The van der Waals surface area contributed by atoms with Gasteiger partial charge < -0.3 is 9.80 Å². The highest BCUT2D eigenvalue weighted by Crippen LogP contribution is 2.25. The van der Waals surface area contributed by atoms with Crippen LogP contribution in [0.5, 0.6) is 0 Å². The average Bonchev–Trinajstić information content (AvgIpc) is 2.44. The maximum absolute atomic E-state index is 13.2. The van der Waals surface area contributed by atoms with E-state index in [1.165, 1.54) is 6.20 Å². The van der Waals surface area contributed by atoms with Crippen molar-refractivity contribution in [3.05, 3.63) is 41.6 Å². The van der Waals surface area contributed by atoms with E-state index in [2.05, 4.69) is 14.7 Å². The van der Waals surface area contributed by atoms with E-state index < -0.39 is 27.4 Å². The molecule has 1 aromatic heterocycles. The molecule has 0 spiro atoms.